The maximum Gasteiger partial charge on any atom is 0.241 e. The second-order valence-corrected chi connectivity index (χ2v) is 8.22. The smallest absolute Gasteiger partial charge is 0.241 e. The van der Waals surface area contributed by atoms with Gasteiger partial charge in [0.05, 0.1) is 25.5 Å². The number of hydrogen-bond acceptors (Lipinski definition) is 7. The van der Waals surface area contributed by atoms with Gasteiger partial charge in [0.1, 0.15) is 0 Å². The van der Waals surface area contributed by atoms with Gasteiger partial charge in [0.25, 0.3) is 0 Å². The molecule has 0 unspecified atom stereocenters. The number of likely N-dealkylation sites (N-methyl/N-ethyl adjacent to an activating group) is 1. The van der Waals surface area contributed by atoms with Crippen molar-refractivity contribution in [1.82, 2.24) is 14.9 Å². The summed E-state index contributed by atoms with van der Waals surface area (Å²) < 4.78 is 5.43. The fraction of sp³-hybridized carbons (Fsp3) is 0.320. The Kier molecular flexibility index (Phi) is 7.04. The van der Waals surface area contributed by atoms with Crippen LogP contribution in [0.1, 0.15) is 5.56 Å². The van der Waals surface area contributed by atoms with Gasteiger partial charge in [-0.05, 0) is 48.9 Å². The summed E-state index contributed by atoms with van der Waals surface area (Å²) in [4.78, 5) is 24.9. The molecular formula is C25H30N6O2. The predicted molar refractivity (Wildman–Crippen MR) is 132 cm³/mol. The van der Waals surface area contributed by atoms with E-state index in [0.29, 0.717) is 5.95 Å². The fourth-order valence-corrected chi connectivity index (χ4v) is 3.58. The molecule has 1 saturated heterocycles. The summed E-state index contributed by atoms with van der Waals surface area (Å²) in [5.74, 6) is 0.577. The van der Waals surface area contributed by atoms with Gasteiger partial charge in [-0.1, -0.05) is 12.1 Å². The van der Waals surface area contributed by atoms with Crippen LogP contribution in [0.15, 0.2) is 54.7 Å². The maximum absolute atomic E-state index is 11.8. The number of aromatic nitrogens is 2. The van der Waals surface area contributed by atoms with Gasteiger partial charge < -0.3 is 25.2 Å². The van der Waals surface area contributed by atoms with Crippen molar-refractivity contribution in [2.24, 2.45) is 0 Å². The molecule has 1 fully saturated rings. The second kappa shape index (κ2) is 10.3. The van der Waals surface area contributed by atoms with E-state index >= 15 is 0 Å². The van der Waals surface area contributed by atoms with Crippen molar-refractivity contribution in [1.29, 1.82) is 0 Å². The number of amides is 1. The Labute approximate surface area is 194 Å². The third-order valence-corrected chi connectivity index (χ3v) is 5.57. The fourth-order valence-electron chi connectivity index (χ4n) is 3.58. The van der Waals surface area contributed by atoms with Gasteiger partial charge >= 0.3 is 0 Å². The molecule has 0 radical (unpaired) electrons. The van der Waals surface area contributed by atoms with Crippen LogP contribution in [0.25, 0.3) is 11.3 Å². The lowest BCUT2D eigenvalue weighted by atomic mass is 10.1. The first kappa shape index (κ1) is 22.5. The van der Waals surface area contributed by atoms with Crippen LogP contribution in [0.2, 0.25) is 0 Å². The number of morpholine rings is 1. The zero-order valence-electron chi connectivity index (χ0n) is 19.3. The minimum atomic E-state index is 0.0272. The topological polar surface area (TPSA) is 82.6 Å². The number of carbonyl (C=O) groups excluding carboxylic acids is 1. The zero-order chi connectivity index (χ0) is 23.2. The molecule has 0 saturated carbocycles. The van der Waals surface area contributed by atoms with Crippen LogP contribution < -0.4 is 15.5 Å². The zero-order valence-corrected chi connectivity index (χ0v) is 19.3. The summed E-state index contributed by atoms with van der Waals surface area (Å²) in [6.45, 7) is 5.63. The number of benzene rings is 2. The van der Waals surface area contributed by atoms with Crippen molar-refractivity contribution in [2.75, 3.05) is 62.5 Å². The van der Waals surface area contributed by atoms with E-state index in [-0.39, 0.29) is 12.5 Å². The van der Waals surface area contributed by atoms with Crippen LogP contribution in [-0.4, -0.2) is 67.7 Å². The van der Waals surface area contributed by atoms with E-state index in [2.05, 4.69) is 32.7 Å². The molecule has 0 atom stereocenters. The van der Waals surface area contributed by atoms with E-state index in [4.69, 9.17) is 9.72 Å². The van der Waals surface area contributed by atoms with Crippen molar-refractivity contribution in [3.05, 3.63) is 60.3 Å². The average Bonchev–Trinajstić information content (AvgIpc) is 2.85. The van der Waals surface area contributed by atoms with E-state index in [9.17, 15) is 4.79 Å². The predicted octanol–water partition coefficient (Wildman–Crippen LogP) is 3.53. The monoisotopic (exact) mass is 446 g/mol. The average molecular weight is 447 g/mol. The van der Waals surface area contributed by atoms with E-state index in [0.717, 1.165) is 54.5 Å². The van der Waals surface area contributed by atoms with Crippen molar-refractivity contribution in [2.45, 2.75) is 6.92 Å². The van der Waals surface area contributed by atoms with Crippen molar-refractivity contribution >= 4 is 28.9 Å². The molecule has 8 nitrogen and oxygen atoms in total. The molecule has 0 spiro atoms. The molecular weight excluding hydrogens is 416 g/mol. The van der Waals surface area contributed by atoms with Gasteiger partial charge in [0, 0.05) is 56.0 Å². The summed E-state index contributed by atoms with van der Waals surface area (Å²) in [6, 6.07) is 16.2. The molecule has 172 valence electrons. The quantitative estimate of drug-likeness (QED) is 0.574. The minimum absolute atomic E-state index is 0.0272. The first-order valence-electron chi connectivity index (χ1n) is 11.1. The highest BCUT2D eigenvalue weighted by Crippen LogP contribution is 2.25. The largest absolute Gasteiger partial charge is 0.378 e. The van der Waals surface area contributed by atoms with Gasteiger partial charge in [-0.25, -0.2) is 9.97 Å². The Morgan fingerprint density at radius 3 is 2.36 bits per heavy atom. The number of carbonyl (C=O) groups is 1. The van der Waals surface area contributed by atoms with Crippen LogP contribution in [0.4, 0.5) is 23.0 Å². The molecule has 0 aliphatic carbocycles. The second-order valence-electron chi connectivity index (χ2n) is 8.22. The van der Waals surface area contributed by atoms with E-state index in [1.165, 1.54) is 5.69 Å². The Morgan fingerprint density at radius 2 is 1.70 bits per heavy atom. The molecule has 1 amide bonds. The number of hydrogen-bond donors (Lipinski definition) is 2. The van der Waals surface area contributed by atoms with Crippen LogP contribution in [-0.2, 0) is 9.53 Å². The van der Waals surface area contributed by atoms with E-state index in [1.807, 2.05) is 49.5 Å². The number of anilines is 4. The number of nitrogens with zero attached hydrogens (tertiary/aromatic N) is 4. The van der Waals surface area contributed by atoms with E-state index in [1.54, 1.807) is 19.0 Å². The van der Waals surface area contributed by atoms with Crippen LogP contribution in [0.5, 0.6) is 0 Å². The summed E-state index contributed by atoms with van der Waals surface area (Å²) in [7, 11) is 3.49. The van der Waals surface area contributed by atoms with Crippen molar-refractivity contribution in [3.8, 4) is 11.3 Å². The highest BCUT2D eigenvalue weighted by Gasteiger charge is 2.12. The Balaban J connectivity index is 1.44. The highest BCUT2D eigenvalue weighted by molar-refractivity contribution is 5.80. The molecule has 2 heterocycles. The van der Waals surface area contributed by atoms with Gasteiger partial charge in [-0.2, -0.15) is 0 Å². The first-order valence-corrected chi connectivity index (χ1v) is 11.1. The molecule has 1 aliphatic rings. The Hall–Kier alpha value is -3.65. The maximum atomic E-state index is 11.8. The number of ether oxygens (including phenoxy) is 1. The van der Waals surface area contributed by atoms with Gasteiger partial charge in [-0.15, -0.1) is 0 Å². The summed E-state index contributed by atoms with van der Waals surface area (Å²) in [5.41, 5.74) is 5.87. The third-order valence-electron chi connectivity index (χ3n) is 5.57. The number of aryl methyl sites for hydroxylation is 1. The molecule has 2 aromatic carbocycles. The molecule has 3 aromatic rings. The molecule has 1 aliphatic heterocycles. The lowest BCUT2D eigenvalue weighted by molar-refractivity contribution is -0.126. The van der Waals surface area contributed by atoms with Gasteiger partial charge in [0.2, 0.25) is 11.9 Å². The molecule has 33 heavy (non-hydrogen) atoms. The summed E-state index contributed by atoms with van der Waals surface area (Å²) in [5, 5.41) is 6.45. The normalized spacial score (nSPS) is 13.5. The molecule has 0 bridgehead atoms. The number of nitrogens with one attached hydrogen (secondary N) is 2. The molecule has 1 aromatic heterocycles. The highest BCUT2D eigenvalue weighted by atomic mass is 16.5. The van der Waals surface area contributed by atoms with Gasteiger partial charge in [-0.3, -0.25) is 4.79 Å². The van der Waals surface area contributed by atoms with Gasteiger partial charge in [0.15, 0.2) is 0 Å². The third kappa shape index (κ3) is 5.78. The van der Waals surface area contributed by atoms with Crippen LogP contribution in [0.3, 0.4) is 0 Å². The minimum Gasteiger partial charge on any atom is -0.378 e. The lowest BCUT2D eigenvalue weighted by Crippen LogP contribution is -2.36. The van der Waals surface area contributed by atoms with Crippen molar-refractivity contribution < 1.29 is 9.53 Å². The van der Waals surface area contributed by atoms with Crippen LogP contribution >= 0.6 is 0 Å². The lowest BCUT2D eigenvalue weighted by Gasteiger charge is -2.28. The summed E-state index contributed by atoms with van der Waals surface area (Å²) >= 11 is 0. The van der Waals surface area contributed by atoms with Crippen molar-refractivity contribution in [3.63, 3.8) is 0 Å². The Bertz CT molecular complexity index is 1080. The number of rotatable bonds is 7. The summed E-state index contributed by atoms with van der Waals surface area (Å²) in [6.07, 6.45) is 1.83. The van der Waals surface area contributed by atoms with E-state index < -0.39 is 0 Å². The molecule has 4 rings (SSSR count). The first-order chi connectivity index (χ1) is 16.0. The molecule has 8 heteroatoms. The van der Waals surface area contributed by atoms with Crippen LogP contribution in [0, 0.1) is 6.92 Å². The SMILES string of the molecule is Cc1cnc(Nc2ccc(N3CCOCC3)cc2)nc1-c1ccc(NCC(=O)N(C)C)cc1. The molecule has 2 N–H and O–H groups in total. The standard InChI is InChI=1S/C25H30N6O2/c1-18-16-27-25(28-21-8-10-22(11-9-21)31-12-14-33-15-13-31)29-24(18)19-4-6-20(7-5-19)26-17-23(32)30(2)3/h4-11,16,26H,12-15,17H2,1-3H3,(H,27,28,29). The Morgan fingerprint density at radius 1 is 1.03 bits per heavy atom.